The molecule has 2 saturated heterocycles. The number of nitrogens with one attached hydrogen (secondary N) is 2. The van der Waals surface area contributed by atoms with Gasteiger partial charge in [0.15, 0.2) is 0 Å². The number of amides is 2. The van der Waals surface area contributed by atoms with Gasteiger partial charge in [0.1, 0.15) is 0 Å². The topological polar surface area (TPSA) is 100 Å². The largest absolute Gasteiger partial charge is 0.379 e. The molecule has 3 rings (SSSR count). The molecule has 2 amide bonds. The molecule has 0 aliphatic carbocycles. The number of morpholine rings is 2. The van der Waals surface area contributed by atoms with Crippen molar-refractivity contribution in [2.75, 3.05) is 76.3 Å². The zero-order chi connectivity index (χ0) is 19.8. The lowest BCUT2D eigenvalue weighted by Crippen LogP contribution is -2.41. The van der Waals surface area contributed by atoms with E-state index in [0.29, 0.717) is 45.2 Å². The summed E-state index contributed by atoms with van der Waals surface area (Å²) in [5, 5.41) is 5.44. The molecule has 0 bridgehead atoms. The number of hydrogen-bond donors (Lipinski definition) is 2. The first-order chi connectivity index (χ1) is 13.6. The molecule has 9 nitrogen and oxygen atoms in total. The van der Waals surface area contributed by atoms with E-state index in [4.69, 9.17) is 9.47 Å². The van der Waals surface area contributed by atoms with Gasteiger partial charge in [-0.05, 0) is 24.3 Å². The molecule has 28 heavy (non-hydrogen) atoms. The van der Waals surface area contributed by atoms with Gasteiger partial charge < -0.3 is 20.1 Å². The van der Waals surface area contributed by atoms with Gasteiger partial charge in [-0.2, -0.15) is 0 Å². The van der Waals surface area contributed by atoms with Crippen LogP contribution in [0.2, 0.25) is 0 Å². The van der Waals surface area contributed by atoms with E-state index in [-0.39, 0.29) is 36.0 Å². The Morgan fingerprint density at radius 3 is 1.86 bits per heavy atom. The summed E-state index contributed by atoms with van der Waals surface area (Å²) >= 11 is 0. The molecule has 2 fully saturated rings. The zero-order valence-electron chi connectivity index (χ0n) is 15.8. The Kier molecular flexibility index (Phi) is 7.49. The number of rotatable bonds is 6. The van der Waals surface area contributed by atoms with Gasteiger partial charge in [-0.25, -0.2) is 0 Å². The van der Waals surface area contributed by atoms with Gasteiger partial charge in [-0.1, -0.05) is 0 Å². The summed E-state index contributed by atoms with van der Waals surface area (Å²) in [6, 6.07) is 6.01. The number of hydrogen-bond acceptors (Lipinski definition) is 7. The second kappa shape index (κ2) is 10.3. The molecule has 2 aliphatic rings. The Balaban J connectivity index is 1.55. The third-order valence-electron chi connectivity index (χ3n) is 4.61. The number of anilines is 2. The highest BCUT2D eigenvalue weighted by molar-refractivity contribution is 5.93. The first-order valence-electron chi connectivity index (χ1n) is 9.44. The minimum absolute atomic E-state index is 0.154. The second-order valence-corrected chi connectivity index (χ2v) is 6.77. The summed E-state index contributed by atoms with van der Waals surface area (Å²) in [6.07, 6.45) is 0. The monoisotopic (exact) mass is 390 g/mol. The van der Waals surface area contributed by atoms with E-state index in [1.54, 1.807) is 6.07 Å². The minimum Gasteiger partial charge on any atom is -0.379 e. The number of carbonyl (C=O) groups excluding carboxylic acids is 2. The van der Waals surface area contributed by atoms with Crippen LogP contribution in [0, 0.1) is 0 Å². The summed E-state index contributed by atoms with van der Waals surface area (Å²) < 4.78 is 10.5. The van der Waals surface area contributed by atoms with E-state index < -0.39 is 0 Å². The first kappa shape index (κ1) is 20.4. The third-order valence-corrected chi connectivity index (χ3v) is 4.61. The average Bonchev–Trinajstić information content (AvgIpc) is 2.85. The zero-order valence-corrected chi connectivity index (χ0v) is 15.8. The average molecular weight is 390 g/mol. The third kappa shape index (κ3) is 6.38. The summed E-state index contributed by atoms with van der Waals surface area (Å²) in [5.41, 5.74) is 0.375. The molecule has 0 saturated carbocycles. The maximum atomic E-state index is 12.2. The Morgan fingerprint density at radius 2 is 1.29 bits per heavy atom. The second-order valence-electron chi connectivity index (χ2n) is 6.77. The maximum absolute atomic E-state index is 12.2. The van der Waals surface area contributed by atoms with Crippen LogP contribution in [0.3, 0.4) is 0 Å². The van der Waals surface area contributed by atoms with E-state index in [1.807, 2.05) is 9.80 Å². The van der Waals surface area contributed by atoms with Gasteiger partial charge in [-0.3, -0.25) is 24.2 Å². The van der Waals surface area contributed by atoms with Gasteiger partial charge in [0, 0.05) is 31.9 Å². The molecule has 0 radical (unpaired) electrons. The van der Waals surface area contributed by atoms with E-state index in [1.165, 1.54) is 18.2 Å². The van der Waals surface area contributed by atoms with Gasteiger partial charge in [0.25, 0.3) is 0 Å². The molecule has 2 N–H and O–H groups in total. The van der Waals surface area contributed by atoms with Gasteiger partial charge in [0.2, 0.25) is 17.2 Å². The molecule has 9 heteroatoms. The molecule has 0 atom stereocenters. The van der Waals surface area contributed by atoms with Gasteiger partial charge >= 0.3 is 0 Å². The molecular weight excluding hydrogens is 364 g/mol. The lowest BCUT2D eigenvalue weighted by Gasteiger charge is -2.25. The Bertz CT molecular complexity index is 745. The molecule has 152 valence electrons. The lowest BCUT2D eigenvalue weighted by molar-refractivity contribution is -0.119. The van der Waals surface area contributed by atoms with Crippen molar-refractivity contribution in [3.05, 3.63) is 34.5 Å². The highest BCUT2D eigenvalue weighted by Crippen LogP contribution is 2.08. The first-order valence-corrected chi connectivity index (χ1v) is 9.44. The fraction of sp³-hybridized carbons (Fsp3) is 0.526. The predicted molar refractivity (Wildman–Crippen MR) is 104 cm³/mol. The fourth-order valence-electron chi connectivity index (χ4n) is 3.07. The van der Waals surface area contributed by atoms with Crippen LogP contribution in [-0.4, -0.2) is 87.3 Å². The van der Waals surface area contributed by atoms with Crippen molar-refractivity contribution < 1.29 is 19.1 Å². The molecule has 0 unspecified atom stereocenters. The van der Waals surface area contributed by atoms with Crippen LogP contribution >= 0.6 is 0 Å². The van der Waals surface area contributed by atoms with Crippen molar-refractivity contribution in [1.29, 1.82) is 0 Å². The van der Waals surface area contributed by atoms with Crippen LogP contribution in [-0.2, 0) is 19.1 Å². The SMILES string of the molecule is O=C(CN1CCOCC1)Nc1ccc(NC(=O)CN2CCOCC2)c(=O)cc1. The van der Waals surface area contributed by atoms with E-state index in [2.05, 4.69) is 10.6 Å². The molecule has 1 aromatic rings. The number of carbonyl (C=O) groups is 2. The van der Waals surface area contributed by atoms with Crippen LogP contribution in [0.25, 0.3) is 0 Å². The highest BCUT2D eigenvalue weighted by atomic mass is 16.5. The van der Waals surface area contributed by atoms with Crippen molar-refractivity contribution >= 4 is 23.2 Å². The predicted octanol–water partition coefficient (Wildman–Crippen LogP) is -0.412. The van der Waals surface area contributed by atoms with Crippen LogP contribution < -0.4 is 16.1 Å². The van der Waals surface area contributed by atoms with E-state index >= 15 is 0 Å². The van der Waals surface area contributed by atoms with Crippen LogP contribution in [0.4, 0.5) is 11.4 Å². The van der Waals surface area contributed by atoms with Crippen molar-refractivity contribution in [1.82, 2.24) is 9.80 Å². The summed E-state index contributed by atoms with van der Waals surface area (Å²) in [4.78, 5) is 40.6. The Labute approximate surface area is 163 Å². The number of nitrogens with zero attached hydrogens (tertiary/aromatic N) is 2. The fourth-order valence-corrected chi connectivity index (χ4v) is 3.07. The molecular formula is C19H26N4O5. The normalized spacial score (nSPS) is 18.4. The molecule has 1 aromatic carbocycles. The van der Waals surface area contributed by atoms with E-state index in [9.17, 15) is 14.4 Å². The van der Waals surface area contributed by atoms with Crippen LogP contribution in [0.1, 0.15) is 0 Å². The van der Waals surface area contributed by atoms with Crippen LogP contribution in [0.15, 0.2) is 29.1 Å². The smallest absolute Gasteiger partial charge is 0.238 e. The van der Waals surface area contributed by atoms with Crippen molar-refractivity contribution in [3.63, 3.8) is 0 Å². The number of ether oxygens (including phenoxy) is 2. The van der Waals surface area contributed by atoms with Crippen molar-refractivity contribution in [2.45, 2.75) is 0 Å². The molecule has 0 spiro atoms. The summed E-state index contributed by atoms with van der Waals surface area (Å²) in [7, 11) is 0. The molecule has 2 aliphatic heterocycles. The highest BCUT2D eigenvalue weighted by Gasteiger charge is 2.16. The van der Waals surface area contributed by atoms with Crippen molar-refractivity contribution in [3.8, 4) is 0 Å². The quantitative estimate of drug-likeness (QED) is 0.681. The molecule has 0 aromatic heterocycles. The minimum atomic E-state index is -0.316. The standard InChI is InChI=1S/C19H26N4O5/c24-17-4-2-15(20-18(25)13-22-5-9-27-10-6-22)1-3-16(17)21-19(26)14-23-7-11-28-12-8-23/h1-4H,5-14H2,(H,20,25)(H,21,24,26). The summed E-state index contributed by atoms with van der Waals surface area (Å²) in [6.45, 7) is 5.78. The molecule has 2 heterocycles. The van der Waals surface area contributed by atoms with E-state index in [0.717, 1.165) is 13.1 Å². The van der Waals surface area contributed by atoms with Crippen LogP contribution in [0.5, 0.6) is 0 Å². The summed E-state index contributed by atoms with van der Waals surface area (Å²) in [5.74, 6) is -0.401. The lowest BCUT2D eigenvalue weighted by atomic mass is 10.3. The van der Waals surface area contributed by atoms with Gasteiger partial charge in [0.05, 0.1) is 45.2 Å². The Morgan fingerprint density at radius 1 is 0.786 bits per heavy atom. The van der Waals surface area contributed by atoms with Crippen molar-refractivity contribution in [2.24, 2.45) is 0 Å². The van der Waals surface area contributed by atoms with Gasteiger partial charge in [-0.15, -0.1) is 0 Å². The maximum Gasteiger partial charge on any atom is 0.238 e. The Hall–Kier alpha value is -2.33.